The van der Waals surface area contributed by atoms with Crippen LogP contribution in [-0.4, -0.2) is 35.6 Å². The summed E-state index contributed by atoms with van der Waals surface area (Å²) in [6.45, 7) is 6.01. The van der Waals surface area contributed by atoms with Gasteiger partial charge in [-0.1, -0.05) is 11.2 Å². The summed E-state index contributed by atoms with van der Waals surface area (Å²) < 4.78 is 8.14. The molecule has 0 aliphatic heterocycles. The Bertz CT molecular complexity index is 1550. The summed E-state index contributed by atoms with van der Waals surface area (Å²) in [5, 5.41) is 11.8. The summed E-state index contributed by atoms with van der Waals surface area (Å²) in [6, 6.07) is 15.7. The fourth-order valence-corrected chi connectivity index (χ4v) is 4.00. The first-order chi connectivity index (χ1) is 16.4. The topological polar surface area (TPSA) is 103 Å². The second-order valence-corrected chi connectivity index (χ2v) is 8.90. The highest BCUT2D eigenvalue weighted by Crippen LogP contribution is 2.22. The lowest BCUT2D eigenvalue weighted by Crippen LogP contribution is -2.23. The molecule has 0 aliphatic carbocycles. The Hall–Kier alpha value is -3.92. The van der Waals surface area contributed by atoms with Crippen LogP contribution in [0.3, 0.4) is 0 Å². The fraction of sp³-hybridized carbons (Fsp3) is 0.208. The zero-order valence-corrected chi connectivity index (χ0v) is 20.1. The van der Waals surface area contributed by atoms with Gasteiger partial charge in [-0.25, -0.2) is 18.9 Å². The van der Waals surface area contributed by atoms with Crippen molar-refractivity contribution in [1.29, 1.82) is 0 Å². The number of nitrogens with zero attached hydrogens (tertiary/aromatic N) is 6. The van der Waals surface area contributed by atoms with Gasteiger partial charge in [-0.3, -0.25) is 0 Å². The monoisotopic (exact) mass is 473 g/mol. The van der Waals surface area contributed by atoms with Crippen LogP contribution in [0.15, 0.2) is 62.7 Å². The fourth-order valence-electron chi connectivity index (χ4n) is 3.59. The van der Waals surface area contributed by atoms with Gasteiger partial charge in [-0.05, 0) is 74.6 Å². The second-order valence-electron chi connectivity index (χ2n) is 8.02. The van der Waals surface area contributed by atoms with Crippen LogP contribution in [0, 0.1) is 20.8 Å². The highest BCUT2D eigenvalue weighted by Gasteiger charge is 2.16. The normalized spacial score (nSPS) is 11.3. The third-order valence-corrected chi connectivity index (χ3v) is 6.30. The Morgan fingerprint density at radius 1 is 1.00 bits per heavy atom. The van der Waals surface area contributed by atoms with E-state index in [4.69, 9.17) is 4.52 Å². The van der Waals surface area contributed by atoms with Crippen molar-refractivity contribution in [2.45, 2.75) is 32.2 Å². The Balaban J connectivity index is 1.46. The molecule has 0 unspecified atom stereocenters. The van der Waals surface area contributed by atoms with Gasteiger partial charge in [-0.2, -0.15) is 4.98 Å². The van der Waals surface area contributed by atoms with E-state index in [0.717, 1.165) is 27.4 Å². The van der Waals surface area contributed by atoms with Crippen LogP contribution in [0.4, 0.5) is 11.6 Å². The molecule has 5 rings (SSSR count). The zero-order valence-electron chi connectivity index (χ0n) is 19.2. The maximum absolute atomic E-state index is 13.2. The van der Waals surface area contributed by atoms with Crippen molar-refractivity contribution < 1.29 is 4.52 Å². The summed E-state index contributed by atoms with van der Waals surface area (Å²) in [5.74, 6) is 1.16. The molecule has 0 aliphatic rings. The van der Waals surface area contributed by atoms with Crippen LogP contribution in [0.2, 0.25) is 0 Å². The third kappa shape index (κ3) is 4.19. The number of anilines is 2. The highest BCUT2D eigenvalue weighted by atomic mass is 32.2. The molecular weight excluding hydrogens is 450 g/mol. The first kappa shape index (κ1) is 21.9. The molecular formula is C24H23N7O2S. The molecule has 0 atom stereocenters. The van der Waals surface area contributed by atoms with Gasteiger partial charge in [0.25, 0.3) is 0 Å². The van der Waals surface area contributed by atoms with Crippen molar-refractivity contribution in [2.75, 3.05) is 11.6 Å². The number of rotatable bonds is 6. The average molecular weight is 474 g/mol. The quantitative estimate of drug-likeness (QED) is 0.363. The number of aryl methyl sites for hydroxylation is 3. The smallest absolute Gasteiger partial charge is 0.337 e. The lowest BCUT2D eigenvalue weighted by atomic mass is 10.1. The van der Waals surface area contributed by atoms with E-state index in [1.807, 2.05) is 62.6 Å². The number of hydrogen-bond acceptors (Lipinski definition) is 8. The van der Waals surface area contributed by atoms with E-state index in [0.29, 0.717) is 23.3 Å². The van der Waals surface area contributed by atoms with Gasteiger partial charge >= 0.3 is 5.69 Å². The molecule has 0 bridgehead atoms. The van der Waals surface area contributed by atoms with Crippen molar-refractivity contribution in [2.24, 2.45) is 0 Å². The minimum atomic E-state index is -0.349. The Labute approximate surface area is 199 Å². The molecule has 0 saturated heterocycles. The van der Waals surface area contributed by atoms with Crippen LogP contribution >= 0.6 is 11.8 Å². The molecule has 0 radical (unpaired) electrons. The Kier molecular flexibility index (Phi) is 5.66. The van der Waals surface area contributed by atoms with Crippen molar-refractivity contribution in [3.63, 3.8) is 0 Å². The number of hydrogen-bond donors (Lipinski definition) is 1. The molecule has 34 heavy (non-hydrogen) atoms. The van der Waals surface area contributed by atoms with Crippen LogP contribution in [0.1, 0.15) is 22.7 Å². The number of aromatic nitrogens is 6. The van der Waals surface area contributed by atoms with Gasteiger partial charge in [0.15, 0.2) is 5.65 Å². The largest absolute Gasteiger partial charge is 0.353 e. The minimum Gasteiger partial charge on any atom is -0.337 e. The van der Waals surface area contributed by atoms with E-state index < -0.39 is 0 Å². The molecule has 3 heterocycles. The van der Waals surface area contributed by atoms with Crippen molar-refractivity contribution in [3.8, 4) is 11.4 Å². The molecule has 2 aromatic carbocycles. The maximum Gasteiger partial charge on any atom is 0.353 e. The van der Waals surface area contributed by atoms with E-state index in [1.165, 1.54) is 14.6 Å². The molecule has 172 valence electrons. The molecule has 3 aromatic heterocycles. The van der Waals surface area contributed by atoms with Gasteiger partial charge in [0.05, 0.1) is 0 Å². The Morgan fingerprint density at radius 2 is 1.79 bits per heavy atom. The van der Waals surface area contributed by atoms with E-state index in [-0.39, 0.29) is 12.2 Å². The molecule has 0 saturated carbocycles. The van der Waals surface area contributed by atoms with Gasteiger partial charge in [0.2, 0.25) is 17.7 Å². The predicted octanol–water partition coefficient (Wildman–Crippen LogP) is 4.38. The summed E-state index contributed by atoms with van der Waals surface area (Å²) in [7, 11) is 0. The molecule has 1 N–H and O–H groups in total. The van der Waals surface area contributed by atoms with E-state index in [2.05, 4.69) is 32.5 Å². The first-order valence-corrected chi connectivity index (χ1v) is 11.9. The van der Waals surface area contributed by atoms with Crippen LogP contribution in [0.25, 0.3) is 17.0 Å². The number of nitrogens with one attached hydrogen (secondary N) is 1. The Morgan fingerprint density at radius 3 is 2.53 bits per heavy atom. The van der Waals surface area contributed by atoms with Crippen molar-refractivity contribution in [1.82, 2.24) is 29.3 Å². The number of benzene rings is 2. The third-order valence-electron chi connectivity index (χ3n) is 5.56. The van der Waals surface area contributed by atoms with E-state index in [1.54, 1.807) is 17.8 Å². The lowest BCUT2D eigenvalue weighted by molar-refractivity contribution is 0.364. The van der Waals surface area contributed by atoms with Crippen LogP contribution in [-0.2, 0) is 6.54 Å². The second kappa shape index (κ2) is 8.79. The molecule has 0 fully saturated rings. The SMILES string of the molecule is CSc1ccc(-c2noc(Cn3nc4cc(C)nc(Nc5ccc(C)c(C)c5)n4c3=O)n2)cc1. The molecule has 9 nitrogen and oxygen atoms in total. The van der Waals surface area contributed by atoms with Crippen molar-refractivity contribution in [3.05, 3.63) is 81.7 Å². The maximum atomic E-state index is 13.2. The summed E-state index contributed by atoms with van der Waals surface area (Å²) in [6.07, 6.45) is 2.02. The minimum absolute atomic E-state index is 0.0541. The zero-order chi connectivity index (χ0) is 23.8. The first-order valence-electron chi connectivity index (χ1n) is 10.7. The lowest BCUT2D eigenvalue weighted by Gasteiger charge is -2.09. The van der Waals surface area contributed by atoms with Crippen LogP contribution in [0.5, 0.6) is 0 Å². The molecule has 0 amide bonds. The summed E-state index contributed by atoms with van der Waals surface area (Å²) in [5.41, 5.74) is 4.90. The number of thioether (sulfide) groups is 1. The van der Waals surface area contributed by atoms with E-state index in [9.17, 15) is 4.79 Å². The van der Waals surface area contributed by atoms with Gasteiger partial charge in [0, 0.05) is 27.9 Å². The van der Waals surface area contributed by atoms with Crippen molar-refractivity contribution >= 4 is 29.0 Å². The molecule has 10 heteroatoms. The van der Waals surface area contributed by atoms with Gasteiger partial charge in [0.1, 0.15) is 6.54 Å². The molecule has 5 aromatic rings. The van der Waals surface area contributed by atoms with Gasteiger partial charge in [-0.15, -0.1) is 16.9 Å². The summed E-state index contributed by atoms with van der Waals surface area (Å²) >= 11 is 1.66. The standard InChI is InChI=1S/C24H23N7O2S/c1-14-5-8-18(11-15(14)2)26-23-25-16(3)12-20-28-30(24(32)31(20)23)13-21-27-22(29-33-21)17-6-9-19(34-4)10-7-17/h5-12H,13H2,1-4H3,(H,25,26). The summed E-state index contributed by atoms with van der Waals surface area (Å²) in [4.78, 5) is 23.3. The highest BCUT2D eigenvalue weighted by molar-refractivity contribution is 7.98. The van der Waals surface area contributed by atoms with E-state index >= 15 is 0 Å². The van der Waals surface area contributed by atoms with Gasteiger partial charge < -0.3 is 9.84 Å². The van der Waals surface area contributed by atoms with Crippen LogP contribution < -0.4 is 11.0 Å². The average Bonchev–Trinajstić information content (AvgIpc) is 3.41. The molecule has 0 spiro atoms. The predicted molar refractivity (Wildman–Crippen MR) is 132 cm³/mol. The number of fused-ring (bicyclic) bond motifs is 1.